The number of methoxy groups -OCH3 is 1. The van der Waals surface area contributed by atoms with E-state index in [0.717, 1.165) is 11.4 Å². The lowest BCUT2D eigenvalue weighted by Crippen LogP contribution is -2.25. The zero-order chi connectivity index (χ0) is 23.9. The molecule has 0 aliphatic carbocycles. The molecule has 2 aromatic heterocycles. The minimum absolute atomic E-state index is 0.0939. The van der Waals surface area contributed by atoms with Gasteiger partial charge >= 0.3 is 0 Å². The molecule has 34 heavy (non-hydrogen) atoms. The number of hydrogen-bond donors (Lipinski definition) is 2. The maximum absolute atomic E-state index is 12.7. The predicted octanol–water partition coefficient (Wildman–Crippen LogP) is 3.84. The highest BCUT2D eigenvalue weighted by Gasteiger charge is 2.16. The number of amides is 2. The molecule has 4 rings (SSSR count). The normalized spacial score (nSPS) is 10.6. The Morgan fingerprint density at radius 3 is 2.59 bits per heavy atom. The molecule has 0 bridgehead atoms. The molecule has 4 aromatic rings. The molecule has 2 N–H and O–H groups in total. The molecule has 0 radical (unpaired) electrons. The summed E-state index contributed by atoms with van der Waals surface area (Å²) in [7, 11) is 1.61. The quantitative estimate of drug-likeness (QED) is 0.352. The molecule has 0 unspecified atom stereocenters. The first-order chi connectivity index (χ1) is 16.5. The molecule has 2 aromatic carbocycles. The predicted molar refractivity (Wildman–Crippen MR) is 128 cm³/mol. The Kier molecular flexibility index (Phi) is 7.28. The first-order valence-electron chi connectivity index (χ1n) is 10.4. The fraction of sp³-hybridized carbons (Fsp3) is 0.167. The van der Waals surface area contributed by atoms with Gasteiger partial charge in [-0.1, -0.05) is 23.9 Å². The number of aryl methyl sites for hydroxylation is 1. The molecule has 0 saturated heterocycles. The number of ether oxygens (including phenoxy) is 1. The van der Waals surface area contributed by atoms with E-state index in [0.29, 0.717) is 28.0 Å². The summed E-state index contributed by atoms with van der Waals surface area (Å²) in [5.41, 5.74) is 1.66. The van der Waals surface area contributed by atoms with Gasteiger partial charge in [-0.05, 0) is 55.5 Å². The second-order valence-corrected chi connectivity index (χ2v) is 8.15. The van der Waals surface area contributed by atoms with Crippen molar-refractivity contribution in [2.45, 2.75) is 18.6 Å². The maximum Gasteiger partial charge on any atom is 0.253 e. The summed E-state index contributed by atoms with van der Waals surface area (Å²) in [5.74, 6) is 1.61. The Bertz CT molecular complexity index is 1270. The number of aromatic nitrogens is 3. The Labute approximate surface area is 200 Å². The zero-order valence-electron chi connectivity index (χ0n) is 18.6. The number of carbonyl (C=O) groups excluding carboxylic acids is 2. The van der Waals surface area contributed by atoms with Crippen molar-refractivity contribution in [1.82, 2.24) is 20.1 Å². The zero-order valence-corrected chi connectivity index (χ0v) is 19.5. The van der Waals surface area contributed by atoms with Gasteiger partial charge in [0.25, 0.3) is 5.91 Å². The van der Waals surface area contributed by atoms with Crippen LogP contribution in [0.2, 0.25) is 0 Å². The molecular weight excluding hydrogens is 454 g/mol. The van der Waals surface area contributed by atoms with Crippen LogP contribution in [-0.4, -0.2) is 39.4 Å². The fourth-order valence-electron chi connectivity index (χ4n) is 3.25. The molecule has 0 spiro atoms. The van der Waals surface area contributed by atoms with Crippen molar-refractivity contribution >= 4 is 29.3 Å². The van der Waals surface area contributed by atoms with Gasteiger partial charge in [-0.3, -0.25) is 14.2 Å². The van der Waals surface area contributed by atoms with Crippen molar-refractivity contribution in [2.24, 2.45) is 0 Å². The largest absolute Gasteiger partial charge is 0.497 e. The van der Waals surface area contributed by atoms with Crippen LogP contribution in [0.15, 0.2) is 76.5 Å². The highest BCUT2D eigenvalue weighted by atomic mass is 32.2. The third kappa shape index (κ3) is 5.46. The maximum atomic E-state index is 12.7. The highest BCUT2D eigenvalue weighted by Crippen LogP contribution is 2.24. The number of furan rings is 1. The van der Waals surface area contributed by atoms with Crippen molar-refractivity contribution < 1.29 is 18.7 Å². The Balaban J connectivity index is 1.40. The number of para-hydroxylation sites is 1. The van der Waals surface area contributed by atoms with Crippen LogP contribution >= 0.6 is 11.8 Å². The van der Waals surface area contributed by atoms with Gasteiger partial charge in [0.05, 0.1) is 36.9 Å². The van der Waals surface area contributed by atoms with Crippen molar-refractivity contribution in [1.29, 1.82) is 0 Å². The summed E-state index contributed by atoms with van der Waals surface area (Å²) in [6, 6.07) is 17.9. The average Bonchev–Trinajstić information content (AvgIpc) is 3.51. The molecule has 2 heterocycles. The smallest absolute Gasteiger partial charge is 0.253 e. The summed E-state index contributed by atoms with van der Waals surface area (Å²) in [4.78, 5) is 25.3. The number of thioether (sulfide) groups is 1. The van der Waals surface area contributed by atoms with E-state index in [1.807, 2.05) is 35.8 Å². The third-order valence-electron chi connectivity index (χ3n) is 4.91. The lowest BCUT2D eigenvalue weighted by molar-refractivity contribution is -0.113. The first-order valence-corrected chi connectivity index (χ1v) is 11.4. The summed E-state index contributed by atoms with van der Waals surface area (Å²) >= 11 is 1.26. The Morgan fingerprint density at radius 2 is 1.85 bits per heavy atom. The summed E-state index contributed by atoms with van der Waals surface area (Å²) < 4.78 is 12.3. The van der Waals surface area contributed by atoms with E-state index in [2.05, 4.69) is 20.8 Å². The monoisotopic (exact) mass is 477 g/mol. The molecule has 0 aliphatic heterocycles. The standard InChI is InChI=1S/C24H23N5O4S/c1-16-27-28-24(29(16)17-9-11-18(32-2)12-10-17)34-15-22(30)26-21-8-4-3-7-20(21)23(31)25-14-19-6-5-13-33-19/h3-13H,14-15H2,1-2H3,(H,25,31)(H,26,30). The van der Waals surface area contributed by atoms with Crippen molar-refractivity contribution in [3.8, 4) is 11.4 Å². The van der Waals surface area contributed by atoms with Crippen molar-refractivity contribution in [3.05, 3.63) is 84.1 Å². The number of benzene rings is 2. The number of nitrogens with one attached hydrogen (secondary N) is 2. The van der Waals surface area contributed by atoms with E-state index in [4.69, 9.17) is 9.15 Å². The first kappa shape index (κ1) is 23.1. The number of nitrogens with zero attached hydrogens (tertiary/aromatic N) is 3. The van der Waals surface area contributed by atoms with Gasteiger partial charge in [-0.2, -0.15) is 0 Å². The summed E-state index contributed by atoms with van der Waals surface area (Å²) in [6.45, 7) is 2.10. The van der Waals surface area contributed by atoms with E-state index in [1.165, 1.54) is 11.8 Å². The summed E-state index contributed by atoms with van der Waals surface area (Å²) in [5, 5.41) is 14.5. The van der Waals surface area contributed by atoms with E-state index in [9.17, 15) is 9.59 Å². The second kappa shape index (κ2) is 10.7. The number of hydrogen-bond acceptors (Lipinski definition) is 7. The van der Waals surface area contributed by atoms with Gasteiger partial charge in [0.15, 0.2) is 5.16 Å². The minimum atomic E-state index is -0.310. The SMILES string of the molecule is COc1ccc(-n2c(C)nnc2SCC(=O)Nc2ccccc2C(=O)NCc2ccco2)cc1. The molecule has 2 amide bonds. The van der Waals surface area contributed by atoms with Crippen LogP contribution in [0, 0.1) is 6.92 Å². The Hall–Kier alpha value is -4.05. The molecule has 0 saturated carbocycles. The summed E-state index contributed by atoms with van der Waals surface area (Å²) in [6.07, 6.45) is 1.55. The number of anilines is 1. The van der Waals surface area contributed by atoms with Crippen LogP contribution in [0.5, 0.6) is 5.75 Å². The molecule has 10 heteroatoms. The topological polar surface area (TPSA) is 111 Å². The van der Waals surface area contributed by atoms with Gasteiger partial charge in [0, 0.05) is 5.69 Å². The van der Waals surface area contributed by atoms with Crippen LogP contribution in [0.4, 0.5) is 5.69 Å². The molecule has 174 valence electrons. The van der Waals surface area contributed by atoms with E-state index in [1.54, 1.807) is 49.8 Å². The molecule has 0 fully saturated rings. The average molecular weight is 478 g/mol. The van der Waals surface area contributed by atoms with E-state index in [-0.39, 0.29) is 24.1 Å². The van der Waals surface area contributed by atoms with Crippen LogP contribution < -0.4 is 15.4 Å². The number of rotatable bonds is 9. The second-order valence-electron chi connectivity index (χ2n) is 7.21. The highest BCUT2D eigenvalue weighted by molar-refractivity contribution is 7.99. The van der Waals surface area contributed by atoms with Crippen LogP contribution in [0.3, 0.4) is 0 Å². The van der Waals surface area contributed by atoms with Gasteiger partial charge in [0.2, 0.25) is 5.91 Å². The molecular formula is C24H23N5O4S. The number of carbonyl (C=O) groups is 2. The minimum Gasteiger partial charge on any atom is -0.497 e. The fourth-order valence-corrected chi connectivity index (χ4v) is 4.04. The van der Waals surface area contributed by atoms with Gasteiger partial charge in [0.1, 0.15) is 17.3 Å². The molecule has 0 aliphatic rings. The van der Waals surface area contributed by atoms with Crippen molar-refractivity contribution in [2.75, 3.05) is 18.2 Å². The van der Waals surface area contributed by atoms with Gasteiger partial charge < -0.3 is 19.8 Å². The van der Waals surface area contributed by atoms with Crippen LogP contribution in [0.1, 0.15) is 21.9 Å². The van der Waals surface area contributed by atoms with Crippen LogP contribution in [0.25, 0.3) is 5.69 Å². The van der Waals surface area contributed by atoms with Gasteiger partial charge in [-0.15, -0.1) is 10.2 Å². The third-order valence-corrected chi connectivity index (χ3v) is 5.84. The molecule has 0 atom stereocenters. The van der Waals surface area contributed by atoms with Gasteiger partial charge in [-0.25, -0.2) is 0 Å². The lowest BCUT2D eigenvalue weighted by Gasteiger charge is -2.12. The molecule has 9 nitrogen and oxygen atoms in total. The Morgan fingerprint density at radius 1 is 1.06 bits per heavy atom. The van der Waals surface area contributed by atoms with E-state index >= 15 is 0 Å². The lowest BCUT2D eigenvalue weighted by atomic mass is 10.1. The van der Waals surface area contributed by atoms with E-state index < -0.39 is 0 Å². The van der Waals surface area contributed by atoms with Crippen LogP contribution in [-0.2, 0) is 11.3 Å². The van der Waals surface area contributed by atoms with Crippen molar-refractivity contribution in [3.63, 3.8) is 0 Å².